The van der Waals surface area contributed by atoms with Gasteiger partial charge in [0.25, 0.3) is 5.91 Å². The Bertz CT molecular complexity index is 1150. The van der Waals surface area contributed by atoms with Crippen molar-refractivity contribution in [1.29, 1.82) is 0 Å². The number of nitrogens with zero attached hydrogens (tertiary/aromatic N) is 5. The zero-order valence-electron chi connectivity index (χ0n) is 14.2. The molecule has 0 saturated heterocycles. The molecule has 0 aliphatic carbocycles. The number of carbonyl (C=O) groups excluding carboxylic acids is 1. The monoisotopic (exact) mass is 414 g/mol. The molecule has 0 aliphatic rings. The summed E-state index contributed by atoms with van der Waals surface area (Å²) in [4.78, 5) is 24.8. The molecule has 0 bridgehead atoms. The zero-order valence-corrected chi connectivity index (χ0v) is 15.7. The van der Waals surface area contributed by atoms with Crippen LogP contribution in [0.5, 0.6) is 5.88 Å². The maximum Gasteiger partial charge on any atom is 0.277 e. The molecular weight excluding hydrogens is 403 g/mol. The summed E-state index contributed by atoms with van der Waals surface area (Å²) in [6, 6.07) is 12.6. The van der Waals surface area contributed by atoms with Gasteiger partial charge in [-0.2, -0.15) is 5.10 Å². The van der Waals surface area contributed by atoms with Gasteiger partial charge in [0.15, 0.2) is 16.5 Å². The average molecular weight is 415 g/mol. The first-order valence-electron chi connectivity index (χ1n) is 8.10. The van der Waals surface area contributed by atoms with Gasteiger partial charge in [-0.05, 0) is 11.6 Å². The lowest BCUT2D eigenvalue weighted by Crippen LogP contribution is -2.16. The number of nitrogens with one attached hydrogen (secondary N) is 1. The largest absolute Gasteiger partial charge is 0.473 e. The average Bonchev–Trinajstić information content (AvgIpc) is 3.12. The van der Waals surface area contributed by atoms with Gasteiger partial charge in [0.1, 0.15) is 18.8 Å². The maximum atomic E-state index is 12.6. The Labute approximate surface area is 169 Å². The van der Waals surface area contributed by atoms with Crippen molar-refractivity contribution in [2.75, 3.05) is 5.32 Å². The molecule has 28 heavy (non-hydrogen) atoms. The first-order valence-corrected chi connectivity index (χ1v) is 8.85. The number of halogens is 2. The minimum atomic E-state index is -0.481. The molecule has 0 atom stereocenters. The smallest absolute Gasteiger partial charge is 0.277 e. The van der Waals surface area contributed by atoms with Gasteiger partial charge < -0.3 is 10.1 Å². The molecule has 0 saturated carbocycles. The molecule has 0 spiro atoms. The predicted octanol–water partition coefficient (Wildman–Crippen LogP) is 3.66. The van der Waals surface area contributed by atoms with E-state index < -0.39 is 5.91 Å². The highest BCUT2D eigenvalue weighted by atomic mass is 35.5. The van der Waals surface area contributed by atoms with E-state index in [0.29, 0.717) is 18.1 Å². The van der Waals surface area contributed by atoms with Gasteiger partial charge in [0, 0.05) is 6.07 Å². The lowest BCUT2D eigenvalue weighted by Gasteiger charge is -2.07. The summed E-state index contributed by atoms with van der Waals surface area (Å²) in [6.45, 7) is 0.347. The summed E-state index contributed by atoms with van der Waals surface area (Å²) in [5, 5.41) is 7.14. The Hall–Kier alpha value is -3.23. The van der Waals surface area contributed by atoms with Crippen LogP contribution in [-0.2, 0) is 6.61 Å². The molecule has 3 heterocycles. The third-order valence-electron chi connectivity index (χ3n) is 3.74. The number of fused-ring (bicyclic) bond motifs is 1. The van der Waals surface area contributed by atoms with Crippen molar-refractivity contribution in [2.45, 2.75) is 6.61 Å². The van der Waals surface area contributed by atoms with Crippen LogP contribution in [0, 0.1) is 0 Å². The molecule has 3 aromatic heterocycles. The van der Waals surface area contributed by atoms with E-state index in [1.54, 1.807) is 0 Å². The second-order valence-corrected chi connectivity index (χ2v) is 6.46. The molecule has 0 unspecified atom stereocenters. The van der Waals surface area contributed by atoms with E-state index in [0.717, 1.165) is 5.56 Å². The van der Waals surface area contributed by atoms with E-state index in [1.165, 1.54) is 29.2 Å². The molecule has 8 nitrogen and oxygen atoms in total. The number of carbonyl (C=O) groups is 1. The van der Waals surface area contributed by atoms with Crippen LogP contribution < -0.4 is 10.1 Å². The van der Waals surface area contributed by atoms with Gasteiger partial charge in [-0.15, -0.1) is 0 Å². The number of benzene rings is 1. The quantitative estimate of drug-likeness (QED) is 0.535. The van der Waals surface area contributed by atoms with E-state index in [-0.39, 0.29) is 21.7 Å². The van der Waals surface area contributed by atoms with Crippen LogP contribution in [0.1, 0.15) is 16.1 Å². The highest BCUT2D eigenvalue weighted by molar-refractivity contribution is 6.35. The van der Waals surface area contributed by atoms with Crippen LogP contribution in [0.3, 0.4) is 0 Å². The lowest BCUT2D eigenvalue weighted by molar-refractivity contribution is 0.102. The van der Waals surface area contributed by atoms with E-state index in [9.17, 15) is 4.79 Å². The molecule has 4 aromatic rings. The van der Waals surface area contributed by atoms with Gasteiger partial charge in [0.2, 0.25) is 5.88 Å². The van der Waals surface area contributed by atoms with Crippen LogP contribution in [0.15, 0.2) is 55.0 Å². The van der Waals surface area contributed by atoms with Crippen LogP contribution in [0.4, 0.5) is 5.82 Å². The number of amides is 1. The molecule has 1 N–H and O–H groups in total. The van der Waals surface area contributed by atoms with Gasteiger partial charge in [0.05, 0.1) is 11.2 Å². The van der Waals surface area contributed by atoms with Gasteiger partial charge in [-0.1, -0.05) is 53.5 Å². The molecule has 4 rings (SSSR count). The first-order chi connectivity index (χ1) is 13.6. The minimum Gasteiger partial charge on any atom is -0.473 e. The van der Waals surface area contributed by atoms with E-state index in [2.05, 4.69) is 25.4 Å². The molecule has 140 valence electrons. The van der Waals surface area contributed by atoms with Crippen molar-refractivity contribution in [3.8, 4) is 5.88 Å². The van der Waals surface area contributed by atoms with Crippen molar-refractivity contribution >= 4 is 40.6 Å². The minimum absolute atomic E-state index is 0.142. The Morgan fingerprint density at radius 2 is 1.93 bits per heavy atom. The fraction of sp³-hybridized carbons (Fsp3) is 0.0556. The van der Waals surface area contributed by atoms with E-state index in [4.69, 9.17) is 27.9 Å². The van der Waals surface area contributed by atoms with Gasteiger partial charge in [-0.3, -0.25) is 4.79 Å². The summed E-state index contributed by atoms with van der Waals surface area (Å²) in [5.74, 6) is 0.119. The molecule has 1 aromatic carbocycles. The number of hydrogen-bond donors (Lipinski definition) is 1. The zero-order chi connectivity index (χ0) is 19.5. The standard InChI is InChI=1S/C18H12Cl2N6O2/c19-12-6-14(20)25-26-13(8-21-17(12)26)18(27)24-15-7-16(23-10-22-15)28-9-11-4-2-1-3-5-11/h1-8,10H,9H2,(H,22,23,24,27). The summed E-state index contributed by atoms with van der Waals surface area (Å²) in [6.07, 6.45) is 2.66. The van der Waals surface area contributed by atoms with Crippen molar-refractivity contribution < 1.29 is 9.53 Å². The fourth-order valence-electron chi connectivity index (χ4n) is 2.46. The Morgan fingerprint density at radius 1 is 1.11 bits per heavy atom. The number of ether oxygens (including phenoxy) is 1. The Morgan fingerprint density at radius 3 is 2.75 bits per heavy atom. The SMILES string of the molecule is O=C(Nc1cc(OCc2ccccc2)ncn1)c1cnc2c(Cl)cc(Cl)nn12. The number of rotatable bonds is 5. The van der Waals surface area contributed by atoms with Crippen LogP contribution in [0.2, 0.25) is 10.2 Å². The highest BCUT2D eigenvalue weighted by Gasteiger charge is 2.17. The molecule has 10 heteroatoms. The van der Waals surface area contributed by atoms with Crippen LogP contribution >= 0.6 is 23.2 Å². The number of hydrogen-bond acceptors (Lipinski definition) is 6. The Kier molecular flexibility index (Phi) is 5.05. The number of aromatic nitrogens is 5. The van der Waals surface area contributed by atoms with Crippen LogP contribution in [0.25, 0.3) is 5.65 Å². The predicted molar refractivity (Wildman–Crippen MR) is 104 cm³/mol. The summed E-state index contributed by atoms with van der Waals surface area (Å²) < 4.78 is 6.91. The van der Waals surface area contributed by atoms with Crippen molar-refractivity contribution in [1.82, 2.24) is 24.6 Å². The third kappa shape index (κ3) is 3.88. The van der Waals surface area contributed by atoms with Gasteiger partial charge >= 0.3 is 0 Å². The summed E-state index contributed by atoms with van der Waals surface area (Å²) in [7, 11) is 0. The van der Waals surface area contributed by atoms with E-state index in [1.807, 2.05) is 30.3 Å². The van der Waals surface area contributed by atoms with E-state index >= 15 is 0 Å². The first kappa shape index (κ1) is 18.1. The number of anilines is 1. The second kappa shape index (κ2) is 7.79. The maximum absolute atomic E-state index is 12.6. The van der Waals surface area contributed by atoms with Crippen molar-refractivity contribution in [2.24, 2.45) is 0 Å². The molecule has 0 aliphatic heterocycles. The molecule has 0 fully saturated rings. The van der Waals surface area contributed by atoms with Crippen molar-refractivity contribution in [3.05, 3.63) is 76.4 Å². The van der Waals surface area contributed by atoms with Gasteiger partial charge in [-0.25, -0.2) is 19.5 Å². The normalized spacial score (nSPS) is 10.8. The number of imidazole rings is 1. The summed E-state index contributed by atoms with van der Waals surface area (Å²) >= 11 is 12.0. The lowest BCUT2D eigenvalue weighted by atomic mass is 10.2. The molecule has 0 radical (unpaired) electrons. The molecule has 1 amide bonds. The highest BCUT2D eigenvalue weighted by Crippen LogP contribution is 2.21. The summed E-state index contributed by atoms with van der Waals surface area (Å²) in [5.41, 5.74) is 1.48. The Balaban J connectivity index is 1.51. The van der Waals surface area contributed by atoms with Crippen LogP contribution in [-0.4, -0.2) is 30.5 Å². The second-order valence-electron chi connectivity index (χ2n) is 5.66. The molecular formula is C18H12Cl2N6O2. The third-order valence-corrected chi connectivity index (χ3v) is 4.20. The topological polar surface area (TPSA) is 94.3 Å². The fourth-order valence-corrected chi connectivity index (χ4v) is 2.93. The van der Waals surface area contributed by atoms with Crippen molar-refractivity contribution in [3.63, 3.8) is 0 Å².